The largest absolute Gasteiger partial charge is 0.497 e. The molecule has 100 valence electrons. The molecule has 1 aromatic heterocycles. The van der Waals surface area contributed by atoms with Gasteiger partial charge in [-0.15, -0.1) is 0 Å². The highest BCUT2D eigenvalue weighted by atomic mass is 16.5. The lowest BCUT2D eigenvalue weighted by Gasteiger charge is -2.26. The van der Waals surface area contributed by atoms with E-state index in [2.05, 4.69) is 15.4 Å². The van der Waals surface area contributed by atoms with Crippen LogP contribution in [0.3, 0.4) is 0 Å². The lowest BCUT2D eigenvalue weighted by atomic mass is 10.0. The molecule has 0 fully saturated rings. The molecule has 0 radical (unpaired) electrons. The lowest BCUT2D eigenvalue weighted by molar-refractivity contribution is 0.379. The van der Waals surface area contributed by atoms with E-state index in [4.69, 9.17) is 9.47 Å². The number of nitrogens with one attached hydrogen (secondary N) is 1. The fraction of sp³-hybridized carbons (Fsp3) is 0.385. The summed E-state index contributed by atoms with van der Waals surface area (Å²) in [5.74, 6) is 2.40. The average molecular weight is 260 g/mol. The van der Waals surface area contributed by atoms with Crippen LogP contribution in [0.5, 0.6) is 11.5 Å². The Morgan fingerprint density at radius 3 is 3.00 bits per heavy atom. The maximum absolute atomic E-state index is 5.47. The molecule has 1 N–H and O–H groups in total. The van der Waals surface area contributed by atoms with Crippen molar-refractivity contribution >= 4 is 5.95 Å². The van der Waals surface area contributed by atoms with Crippen molar-refractivity contribution in [1.29, 1.82) is 0 Å². The van der Waals surface area contributed by atoms with Crippen molar-refractivity contribution in [3.05, 3.63) is 30.1 Å². The first-order valence-corrected chi connectivity index (χ1v) is 6.19. The normalized spacial score (nSPS) is 17.5. The molecule has 1 atom stereocenters. The second-order valence-electron chi connectivity index (χ2n) is 4.37. The number of benzene rings is 1. The summed E-state index contributed by atoms with van der Waals surface area (Å²) in [5, 5.41) is 7.52. The van der Waals surface area contributed by atoms with E-state index < -0.39 is 0 Å². The van der Waals surface area contributed by atoms with Gasteiger partial charge in [-0.1, -0.05) is 0 Å². The van der Waals surface area contributed by atoms with Gasteiger partial charge in [0.05, 0.1) is 20.3 Å². The Morgan fingerprint density at radius 1 is 1.32 bits per heavy atom. The molecule has 0 bridgehead atoms. The monoisotopic (exact) mass is 260 g/mol. The minimum atomic E-state index is 0.139. The molecule has 0 spiro atoms. The third-order valence-corrected chi connectivity index (χ3v) is 3.37. The molecule has 1 aliphatic heterocycles. The standard InChI is InChI=1S/C13H16N4O2/c1-18-9-3-4-10(12(7-9)19-2)11-5-6-14-13-15-8-16-17(11)13/h3-4,7-8,11H,5-6H2,1-2H3,(H,14,15,16). The van der Waals surface area contributed by atoms with Crippen molar-refractivity contribution in [2.75, 3.05) is 26.1 Å². The molecule has 6 heteroatoms. The Kier molecular flexibility index (Phi) is 2.98. The Labute approximate surface area is 111 Å². The Morgan fingerprint density at radius 2 is 2.21 bits per heavy atom. The van der Waals surface area contributed by atoms with Crippen LogP contribution in [-0.2, 0) is 0 Å². The van der Waals surface area contributed by atoms with Gasteiger partial charge in [-0.3, -0.25) is 0 Å². The summed E-state index contributed by atoms with van der Waals surface area (Å²) >= 11 is 0. The maximum Gasteiger partial charge on any atom is 0.221 e. The van der Waals surface area contributed by atoms with E-state index in [9.17, 15) is 0 Å². The van der Waals surface area contributed by atoms with Crippen molar-refractivity contribution in [3.63, 3.8) is 0 Å². The Hall–Kier alpha value is -2.24. The van der Waals surface area contributed by atoms with Crippen LogP contribution < -0.4 is 14.8 Å². The molecule has 1 aliphatic rings. The van der Waals surface area contributed by atoms with Gasteiger partial charge in [0.25, 0.3) is 0 Å². The van der Waals surface area contributed by atoms with E-state index in [-0.39, 0.29) is 6.04 Å². The number of aromatic nitrogens is 3. The smallest absolute Gasteiger partial charge is 0.221 e. The van der Waals surface area contributed by atoms with Crippen molar-refractivity contribution in [3.8, 4) is 11.5 Å². The van der Waals surface area contributed by atoms with Crippen LogP contribution in [0.4, 0.5) is 5.95 Å². The zero-order valence-corrected chi connectivity index (χ0v) is 11.0. The van der Waals surface area contributed by atoms with Crippen LogP contribution in [0.25, 0.3) is 0 Å². The van der Waals surface area contributed by atoms with Gasteiger partial charge >= 0.3 is 0 Å². The molecular formula is C13H16N4O2. The zero-order chi connectivity index (χ0) is 13.2. The summed E-state index contributed by atoms with van der Waals surface area (Å²) in [6.07, 6.45) is 2.51. The van der Waals surface area contributed by atoms with Gasteiger partial charge in [-0.05, 0) is 18.6 Å². The first-order chi connectivity index (χ1) is 9.33. The molecule has 6 nitrogen and oxygen atoms in total. The number of methoxy groups -OCH3 is 2. The van der Waals surface area contributed by atoms with E-state index in [0.717, 1.165) is 36.0 Å². The second kappa shape index (κ2) is 4.79. The van der Waals surface area contributed by atoms with E-state index in [1.54, 1.807) is 20.5 Å². The number of hydrogen-bond donors (Lipinski definition) is 1. The van der Waals surface area contributed by atoms with E-state index in [0.29, 0.717) is 0 Å². The topological polar surface area (TPSA) is 61.2 Å². The quantitative estimate of drug-likeness (QED) is 0.910. The fourth-order valence-corrected chi connectivity index (χ4v) is 2.43. The van der Waals surface area contributed by atoms with Crippen LogP contribution in [0.2, 0.25) is 0 Å². The highest BCUT2D eigenvalue weighted by Crippen LogP contribution is 2.35. The van der Waals surface area contributed by atoms with Crippen molar-refractivity contribution in [2.24, 2.45) is 0 Å². The van der Waals surface area contributed by atoms with Gasteiger partial charge in [0, 0.05) is 18.2 Å². The highest BCUT2D eigenvalue weighted by Gasteiger charge is 2.25. The molecule has 19 heavy (non-hydrogen) atoms. The first kappa shape index (κ1) is 11.8. The third-order valence-electron chi connectivity index (χ3n) is 3.37. The van der Waals surface area contributed by atoms with Crippen molar-refractivity contribution in [2.45, 2.75) is 12.5 Å². The number of anilines is 1. The number of hydrogen-bond acceptors (Lipinski definition) is 5. The first-order valence-electron chi connectivity index (χ1n) is 6.19. The lowest BCUT2D eigenvalue weighted by Crippen LogP contribution is -2.25. The zero-order valence-electron chi connectivity index (χ0n) is 11.0. The Balaban J connectivity index is 2.04. The van der Waals surface area contributed by atoms with E-state index >= 15 is 0 Å². The summed E-state index contributed by atoms with van der Waals surface area (Å²) < 4.78 is 12.6. The predicted molar refractivity (Wildman–Crippen MR) is 70.8 cm³/mol. The van der Waals surface area contributed by atoms with Gasteiger partial charge < -0.3 is 14.8 Å². The molecule has 0 aliphatic carbocycles. The summed E-state index contributed by atoms with van der Waals surface area (Å²) in [6.45, 7) is 0.874. The highest BCUT2D eigenvalue weighted by molar-refractivity contribution is 5.44. The van der Waals surface area contributed by atoms with Gasteiger partial charge in [0.1, 0.15) is 17.8 Å². The minimum Gasteiger partial charge on any atom is -0.497 e. The molecule has 1 aromatic carbocycles. The van der Waals surface area contributed by atoms with Crippen LogP contribution in [0.1, 0.15) is 18.0 Å². The SMILES string of the molecule is COc1ccc(C2CCNc3ncnn32)c(OC)c1. The molecule has 2 heterocycles. The Bertz CT molecular complexity index is 582. The van der Waals surface area contributed by atoms with Gasteiger partial charge in [0.15, 0.2) is 0 Å². The van der Waals surface area contributed by atoms with Crippen molar-refractivity contribution in [1.82, 2.24) is 14.8 Å². The molecule has 2 aromatic rings. The van der Waals surface area contributed by atoms with E-state index in [1.165, 1.54) is 0 Å². The molecular weight excluding hydrogens is 244 g/mol. The third kappa shape index (κ3) is 1.99. The second-order valence-corrected chi connectivity index (χ2v) is 4.37. The number of fused-ring (bicyclic) bond motifs is 1. The van der Waals surface area contributed by atoms with Crippen LogP contribution in [0, 0.1) is 0 Å². The summed E-state index contributed by atoms with van der Waals surface area (Å²) in [4.78, 5) is 4.20. The summed E-state index contributed by atoms with van der Waals surface area (Å²) in [6, 6.07) is 6.00. The minimum absolute atomic E-state index is 0.139. The average Bonchev–Trinajstić information content (AvgIpc) is 2.95. The summed E-state index contributed by atoms with van der Waals surface area (Å²) in [7, 11) is 3.32. The number of rotatable bonds is 3. The van der Waals surface area contributed by atoms with Crippen LogP contribution in [0.15, 0.2) is 24.5 Å². The predicted octanol–water partition coefficient (Wildman–Crippen LogP) is 1.70. The maximum atomic E-state index is 5.47. The molecule has 0 saturated carbocycles. The van der Waals surface area contributed by atoms with Crippen molar-refractivity contribution < 1.29 is 9.47 Å². The van der Waals surface area contributed by atoms with Gasteiger partial charge in [-0.2, -0.15) is 10.1 Å². The molecule has 0 amide bonds. The molecule has 1 unspecified atom stereocenters. The van der Waals surface area contributed by atoms with Gasteiger partial charge in [0.2, 0.25) is 5.95 Å². The summed E-state index contributed by atoms with van der Waals surface area (Å²) in [5.41, 5.74) is 1.09. The fourth-order valence-electron chi connectivity index (χ4n) is 2.43. The number of ether oxygens (including phenoxy) is 2. The molecule has 3 rings (SSSR count). The van der Waals surface area contributed by atoms with Crippen LogP contribution >= 0.6 is 0 Å². The van der Waals surface area contributed by atoms with Gasteiger partial charge in [-0.25, -0.2) is 4.68 Å². The molecule has 0 saturated heterocycles. The number of nitrogens with zero attached hydrogens (tertiary/aromatic N) is 3. The van der Waals surface area contributed by atoms with Crippen LogP contribution in [-0.4, -0.2) is 35.5 Å². The van der Waals surface area contributed by atoms with E-state index in [1.807, 2.05) is 22.9 Å².